The van der Waals surface area contributed by atoms with Gasteiger partial charge in [0, 0.05) is 5.54 Å². The molecule has 0 atom stereocenters. The molecular weight excluding hydrogens is 204 g/mol. The lowest BCUT2D eigenvalue weighted by molar-refractivity contribution is -0.228. The fourth-order valence-corrected chi connectivity index (χ4v) is 3.17. The maximum absolute atomic E-state index is 12.5. The number of nitrogens with zero attached hydrogens (tertiary/aromatic N) is 2. The predicted octanol–water partition coefficient (Wildman–Crippen LogP) is 2.71. The summed E-state index contributed by atoms with van der Waals surface area (Å²) in [6.07, 6.45) is 4.79. The van der Waals surface area contributed by atoms with Crippen molar-refractivity contribution < 1.29 is 5.21 Å². The summed E-state index contributed by atoms with van der Waals surface area (Å²) >= 11 is 0. The largest absolute Gasteiger partial charge is 0.783 e. The first-order chi connectivity index (χ1) is 7.27. The number of rotatable bonds is 0. The summed E-state index contributed by atoms with van der Waals surface area (Å²) in [6.45, 7) is 7.74. The van der Waals surface area contributed by atoms with E-state index in [1.54, 1.807) is 0 Å². The Hall–Kier alpha value is -0.160. The lowest BCUT2D eigenvalue weighted by Gasteiger charge is -2.51. The van der Waals surface area contributed by atoms with Crippen molar-refractivity contribution in [1.29, 1.82) is 0 Å². The number of hydroxylamine groups is 4. The van der Waals surface area contributed by atoms with Crippen LogP contribution >= 0.6 is 0 Å². The maximum atomic E-state index is 12.5. The van der Waals surface area contributed by atoms with Gasteiger partial charge in [0.25, 0.3) is 0 Å². The molecule has 0 aromatic carbocycles. The Morgan fingerprint density at radius 1 is 0.938 bits per heavy atom. The summed E-state index contributed by atoms with van der Waals surface area (Å²) in [5, 5.41) is 25.5. The van der Waals surface area contributed by atoms with Gasteiger partial charge in [0.2, 0.25) is 0 Å². The van der Waals surface area contributed by atoms with E-state index in [0.717, 1.165) is 30.7 Å². The van der Waals surface area contributed by atoms with Crippen LogP contribution in [0.15, 0.2) is 0 Å². The Balaban J connectivity index is 2.41. The van der Waals surface area contributed by atoms with Gasteiger partial charge in [-0.3, -0.25) is 0 Å². The Morgan fingerprint density at radius 2 is 1.44 bits per heavy atom. The monoisotopic (exact) mass is 227 g/mol. The minimum absolute atomic E-state index is 0.508. The van der Waals surface area contributed by atoms with Gasteiger partial charge in [0.15, 0.2) is 0 Å². The highest BCUT2D eigenvalue weighted by Gasteiger charge is 2.61. The summed E-state index contributed by atoms with van der Waals surface area (Å²) < 4.78 is 0. The lowest BCUT2D eigenvalue weighted by atomic mass is 9.84. The quantitative estimate of drug-likeness (QED) is 0.691. The van der Waals surface area contributed by atoms with Crippen LogP contribution in [0.25, 0.3) is 0 Å². The molecule has 1 aliphatic heterocycles. The van der Waals surface area contributed by atoms with Crippen LogP contribution in [0.4, 0.5) is 0 Å². The second-order valence-corrected chi connectivity index (χ2v) is 6.27. The Bertz CT molecular complexity index is 261. The minimum atomic E-state index is -0.675. The van der Waals surface area contributed by atoms with Crippen LogP contribution in [0, 0.1) is 5.21 Å². The van der Waals surface area contributed by atoms with Crippen molar-refractivity contribution in [2.75, 3.05) is 0 Å². The molecule has 16 heavy (non-hydrogen) atoms. The molecule has 0 aromatic heterocycles. The Kier molecular flexibility index (Phi) is 2.63. The first-order valence-electron chi connectivity index (χ1n) is 6.23. The van der Waals surface area contributed by atoms with E-state index in [1.807, 2.05) is 27.7 Å². The van der Waals surface area contributed by atoms with Gasteiger partial charge < -0.3 is 15.5 Å². The first kappa shape index (κ1) is 12.3. The van der Waals surface area contributed by atoms with E-state index in [1.165, 1.54) is 11.5 Å². The van der Waals surface area contributed by atoms with Crippen molar-refractivity contribution in [3.8, 4) is 0 Å². The van der Waals surface area contributed by atoms with E-state index in [-0.39, 0.29) is 0 Å². The van der Waals surface area contributed by atoms with Gasteiger partial charge in [-0.25, -0.2) is 0 Å². The van der Waals surface area contributed by atoms with Gasteiger partial charge in [-0.15, -0.1) is 0 Å². The molecule has 0 aromatic rings. The van der Waals surface area contributed by atoms with E-state index in [9.17, 15) is 10.4 Å². The summed E-state index contributed by atoms with van der Waals surface area (Å²) in [4.78, 5) is 0. The molecule has 4 heteroatoms. The van der Waals surface area contributed by atoms with Crippen molar-refractivity contribution in [3.05, 3.63) is 5.21 Å². The first-order valence-corrected chi connectivity index (χ1v) is 6.23. The normalized spacial score (nSPS) is 33.4. The summed E-state index contributed by atoms with van der Waals surface area (Å²) in [5.74, 6) is 0. The molecule has 1 heterocycles. The number of hydrogen-bond acceptors (Lipinski definition) is 4. The van der Waals surface area contributed by atoms with E-state index >= 15 is 0 Å². The molecule has 1 aliphatic carbocycles. The average molecular weight is 227 g/mol. The van der Waals surface area contributed by atoms with Crippen LogP contribution in [-0.2, 0) is 0 Å². The van der Waals surface area contributed by atoms with Crippen LogP contribution in [0.1, 0.15) is 59.8 Å². The highest BCUT2D eigenvalue weighted by atomic mass is 16.6. The lowest BCUT2D eigenvalue weighted by Crippen LogP contribution is -2.54. The average Bonchev–Trinajstić information content (AvgIpc) is 2.34. The molecule has 1 N–H and O–H groups in total. The zero-order valence-corrected chi connectivity index (χ0v) is 10.8. The van der Waals surface area contributed by atoms with Crippen LogP contribution in [0.3, 0.4) is 0 Å². The zero-order chi connectivity index (χ0) is 12.2. The second kappa shape index (κ2) is 3.42. The third kappa shape index (κ3) is 1.24. The summed E-state index contributed by atoms with van der Waals surface area (Å²) in [6, 6.07) is 0. The van der Waals surface area contributed by atoms with E-state index in [0.29, 0.717) is 0 Å². The van der Waals surface area contributed by atoms with Gasteiger partial charge in [0.05, 0.1) is 11.2 Å². The van der Waals surface area contributed by atoms with Crippen LogP contribution in [-0.4, -0.2) is 32.1 Å². The highest BCUT2D eigenvalue weighted by Crippen LogP contribution is 2.52. The van der Waals surface area contributed by atoms with Crippen molar-refractivity contribution in [2.24, 2.45) is 0 Å². The molecule has 1 saturated carbocycles. The second-order valence-electron chi connectivity index (χ2n) is 6.27. The molecule has 0 radical (unpaired) electrons. The third-order valence-corrected chi connectivity index (χ3v) is 4.96. The zero-order valence-electron chi connectivity index (χ0n) is 10.8. The smallest absolute Gasteiger partial charge is 0.0874 e. The molecule has 0 unspecified atom stereocenters. The molecular formula is C12H23N2O2-. The molecule has 1 saturated heterocycles. The maximum Gasteiger partial charge on any atom is 0.0874 e. The van der Waals surface area contributed by atoms with Crippen molar-refractivity contribution in [1.82, 2.24) is 10.1 Å². The van der Waals surface area contributed by atoms with Crippen LogP contribution in [0.2, 0.25) is 0 Å². The van der Waals surface area contributed by atoms with E-state index < -0.39 is 16.7 Å². The molecule has 4 nitrogen and oxygen atoms in total. The van der Waals surface area contributed by atoms with Crippen molar-refractivity contribution in [2.45, 2.75) is 76.5 Å². The summed E-state index contributed by atoms with van der Waals surface area (Å²) in [7, 11) is 0. The molecule has 0 bridgehead atoms. The van der Waals surface area contributed by atoms with Gasteiger partial charge in [-0.2, -0.15) is 5.06 Å². The van der Waals surface area contributed by atoms with Crippen molar-refractivity contribution >= 4 is 0 Å². The highest BCUT2D eigenvalue weighted by molar-refractivity contribution is 5.15. The molecule has 2 rings (SSSR count). The SMILES string of the molecule is CC1(C)N([O-])C2(CCCCC2)N(O)C1(C)C. The minimum Gasteiger partial charge on any atom is -0.783 e. The standard InChI is InChI=1S/C12H23N2O2/c1-10(2)11(3,4)14(16)12(13(10)15)8-6-5-7-9-12/h15H,5-9H2,1-4H3/q-1. The van der Waals surface area contributed by atoms with Gasteiger partial charge in [0.1, 0.15) is 0 Å². The molecule has 0 amide bonds. The molecule has 2 aliphatic rings. The topological polar surface area (TPSA) is 49.8 Å². The molecule has 2 fully saturated rings. The van der Waals surface area contributed by atoms with E-state index in [2.05, 4.69) is 0 Å². The van der Waals surface area contributed by atoms with Crippen molar-refractivity contribution in [3.63, 3.8) is 0 Å². The van der Waals surface area contributed by atoms with Gasteiger partial charge in [-0.05, 0) is 40.5 Å². The summed E-state index contributed by atoms with van der Waals surface area (Å²) in [5.41, 5.74) is -1.74. The van der Waals surface area contributed by atoms with E-state index in [4.69, 9.17) is 0 Å². The third-order valence-electron chi connectivity index (χ3n) is 4.96. The Labute approximate surface area is 97.8 Å². The van der Waals surface area contributed by atoms with Crippen LogP contribution < -0.4 is 0 Å². The van der Waals surface area contributed by atoms with Gasteiger partial charge in [-0.1, -0.05) is 19.3 Å². The Morgan fingerprint density at radius 3 is 1.81 bits per heavy atom. The fraction of sp³-hybridized carbons (Fsp3) is 1.00. The fourth-order valence-electron chi connectivity index (χ4n) is 3.17. The predicted molar refractivity (Wildman–Crippen MR) is 62.8 cm³/mol. The molecule has 1 spiro atoms. The van der Waals surface area contributed by atoms with Gasteiger partial charge >= 0.3 is 0 Å². The number of hydrogen-bond donors (Lipinski definition) is 1. The molecule has 94 valence electrons. The van der Waals surface area contributed by atoms with Crippen LogP contribution in [0.5, 0.6) is 0 Å².